The minimum absolute atomic E-state index is 0.0603. The summed E-state index contributed by atoms with van der Waals surface area (Å²) in [6.45, 7) is 7.72. The van der Waals surface area contributed by atoms with Crippen molar-refractivity contribution in [2.75, 3.05) is 0 Å². The molecule has 3 rings (SSSR count). The van der Waals surface area contributed by atoms with Crippen LogP contribution >= 0.6 is 0 Å². The molecule has 0 radical (unpaired) electrons. The predicted molar refractivity (Wildman–Crippen MR) is 91.7 cm³/mol. The van der Waals surface area contributed by atoms with Gasteiger partial charge < -0.3 is 5.11 Å². The van der Waals surface area contributed by atoms with Crippen molar-refractivity contribution in [1.82, 2.24) is 10.6 Å². The minimum Gasteiger partial charge on any atom is -0.480 e. The number of fused-ring (bicyclic) bond motifs is 1. The molecule has 2 fully saturated rings. The number of rotatable bonds is 4. The number of benzene rings is 1. The standard InChI is InChI=1S/C19H24N2O4/c1-9(2)8-19(18(24)25)14-13(16(22)20-17(14)23)15(21-19)12-7-10(3)5-6-11(12)4/h5-7,9,13-15,21H,8H2,1-4H3,(H,24,25)(H,20,22,23). The molecule has 0 saturated carbocycles. The number of hydrogen-bond acceptors (Lipinski definition) is 4. The van der Waals surface area contributed by atoms with Gasteiger partial charge in [0.05, 0.1) is 11.8 Å². The third-order valence-corrected chi connectivity index (χ3v) is 5.38. The first-order chi connectivity index (χ1) is 11.7. The van der Waals surface area contributed by atoms with Gasteiger partial charge in [0.15, 0.2) is 0 Å². The van der Waals surface area contributed by atoms with E-state index in [2.05, 4.69) is 10.6 Å². The molecule has 1 aromatic carbocycles. The molecule has 0 bridgehead atoms. The second-order valence-electron chi connectivity index (χ2n) is 7.71. The highest BCUT2D eigenvalue weighted by molar-refractivity contribution is 6.09. The molecule has 2 aliphatic heterocycles. The van der Waals surface area contributed by atoms with Crippen LogP contribution in [-0.4, -0.2) is 28.4 Å². The average Bonchev–Trinajstić information content (AvgIpc) is 2.99. The van der Waals surface area contributed by atoms with Crippen molar-refractivity contribution < 1.29 is 19.5 Å². The molecule has 0 aromatic heterocycles. The fourth-order valence-corrected chi connectivity index (χ4v) is 4.41. The molecule has 0 aliphatic carbocycles. The molecule has 25 heavy (non-hydrogen) atoms. The fraction of sp³-hybridized carbons (Fsp3) is 0.526. The number of nitrogens with one attached hydrogen (secondary N) is 2. The van der Waals surface area contributed by atoms with Gasteiger partial charge in [-0.3, -0.25) is 25.0 Å². The molecular weight excluding hydrogens is 320 g/mol. The largest absolute Gasteiger partial charge is 0.480 e. The van der Waals surface area contributed by atoms with Crippen molar-refractivity contribution in [2.24, 2.45) is 17.8 Å². The maximum Gasteiger partial charge on any atom is 0.324 e. The van der Waals surface area contributed by atoms with Crippen LogP contribution in [0.25, 0.3) is 0 Å². The van der Waals surface area contributed by atoms with Crippen LogP contribution in [0.15, 0.2) is 18.2 Å². The van der Waals surface area contributed by atoms with E-state index in [1.54, 1.807) is 0 Å². The summed E-state index contributed by atoms with van der Waals surface area (Å²) in [4.78, 5) is 37.2. The highest BCUT2D eigenvalue weighted by atomic mass is 16.4. The van der Waals surface area contributed by atoms with Gasteiger partial charge in [-0.1, -0.05) is 37.6 Å². The molecule has 6 nitrogen and oxygen atoms in total. The van der Waals surface area contributed by atoms with Gasteiger partial charge in [-0.25, -0.2) is 0 Å². The van der Waals surface area contributed by atoms with Gasteiger partial charge in [0, 0.05) is 6.04 Å². The van der Waals surface area contributed by atoms with Crippen LogP contribution < -0.4 is 10.6 Å². The van der Waals surface area contributed by atoms with Gasteiger partial charge in [-0.2, -0.15) is 0 Å². The van der Waals surface area contributed by atoms with Crippen LogP contribution in [0, 0.1) is 31.6 Å². The van der Waals surface area contributed by atoms with E-state index in [0.717, 1.165) is 16.7 Å². The summed E-state index contributed by atoms with van der Waals surface area (Å²) in [6.07, 6.45) is 0.283. The molecule has 2 amide bonds. The molecule has 4 unspecified atom stereocenters. The molecule has 134 valence electrons. The van der Waals surface area contributed by atoms with Gasteiger partial charge in [0.25, 0.3) is 0 Å². The van der Waals surface area contributed by atoms with Crippen molar-refractivity contribution in [3.05, 3.63) is 34.9 Å². The SMILES string of the molecule is Cc1ccc(C)c(C2NC(CC(C)C)(C(=O)O)C3C(=O)NC(=O)C23)c1. The van der Waals surface area contributed by atoms with E-state index in [0.29, 0.717) is 0 Å². The van der Waals surface area contributed by atoms with E-state index in [1.165, 1.54) is 0 Å². The van der Waals surface area contributed by atoms with Gasteiger partial charge in [-0.15, -0.1) is 0 Å². The van der Waals surface area contributed by atoms with Crippen LogP contribution in [-0.2, 0) is 14.4 Å². The molecule has 2 aliphatic rings. The molecule has 2 heterocycles. The zero-order valence-electron chi connectivity index (χ0n) is 14.9. The Morgan fingerprint density at radius 1 is 1.24 bits per heavy atom. The second-order valence-corrected chi connectivity index (χ2v) is 7.71. The third kappa shape index (κ3) is 2.65. The summed E-state index contributed by atoms with van der Waals surface area (Å²) in [7, 11) is 0. The van der Waals surface area contributed by atoms with E-state index >= 15 is 0 Å². The number of carboxylic acid groups (broad SMARTS) is 1. The lowest BCUT2D eigenvalue weighted by atomic mass is 9.75. The Balaban J connectivity index is 2.16. The first kappa shape index (κ1) is 17.6. The molecule has 2 saturated heterocycles. The molecule has 0 spiro atoms. The van der Waals surface area contributed by atoms with Crippen molar-refractivity contribution >= 4 is 17.8 Å². The highest BCUT2D eigenvalue weighted by Crippen LogP contribution is 2.49. The Labute approximate surface area is 147 Å². The van der Waals surface area contributed by atoms with E-state index in [1.807, 2.05) is 45.9 Å². The number of carbonyl (C=O) groups is 3. The van der Waals surface area contributed by atoms with Crippen LogP contribution in [0.3, 0.4) is 0 Å². The predicted octanol–water partition coefficient (Wildman–Crippen LogP) is 1.71. The number of imide groups is 1. The van der Waals surface area contributed by atoms with E-state index in [9.17, 15) is 19.5 Å². The smallest absolute Gasteiger partial charge is 0.324 e. The maximum absolute atomic E-state index is 12.5. The molecular formula is C19H24N2O4. The van der Waals surface area contributed by atoms with Crippen LogP contribution in [0.1, 0.15) is 43.0 Å². The number of carbonyl (C=O) groups excluding carboxylic acids is 2. The fourth-order valence-electron chi connectivity index (χ4n) is 4.41. The topological polar surface area (TPSA) is 95.5 Å². The number of aliphatic carboxylic acids is 1. The Kier molecular flexibility index (Phi) is 4.19. The van der Waals surface area contributed by atoms with Gasteiger partial charge in [0.2, 0.25) is 11.8 Å². The van der Waals surface area contributed by atoms with Crippen molar-refractivity contribution in [3.63, 3.8) is 0 Å². The zero-order chi connectivity index (χ0) is 18.5. The summed E-state index contributed by atoms with van der Waals surface area (Å²) in [5, 5.41) is 15.6. The Bertz CT molecular complexity index is 758. The van der Waals surface area contributed by atoms with Crippen LogP contribution in [0.4, 0.5) is 0 Å². The lowest BCUT2D eigenvalue weighted by Crippen LogP contribution is -2.56. The normalized spacial score (nSPS) is 31.3. The number of aryl methyl sites for hydroxylation is 2. The van der Waals surface area contributed by atoms with Gasteiger partial charge in [-0.05, 0) is 37.3 Å². The lowest BCUT2D eigenvalue weighted by Gasteiger charge is -2.31. The second kappa shape index (κ2) is 5.95. The van der Waals surface area contributed by atoms with Crippen molar-refractivity contribution in [3.8, 4) is 0 Å². The minimum atomic E-state index is -1.43. The zero-order valence-corrected chi connectivity index (χ0v) is 14.9. The molecule has 3 N–H and O–H groups in total. The number of carboxylic acids is 1. The monoisotopic (exact) mass is 344 g/mol. The van der Waals surface area contributed by atoms with Crippen molar-refractivity contribution in [1.29, 1.82) is 0 Å². The number of hydrogen-bond donors (Lipinski definition) is 3. The van der Waals surface area contributed by atoms with Crippen molar-refractivity contribution in [2.45, 2.75) is 45.7 Å². The van der Waals surface area contributed by atoms with Crippen LogP contribution in [0.2, 0.25) is 0 Å². The summed E-state index contributed by atoms with van der Waals surface area (Å²) >= 11 is 0. The average molecular weight is 344 g/mol. The lowest BCUT2D eigenvalue weighted by molar-refractivity contribution is -0.150. The molecule has 6 heteroatoms. The third-order valence-electron chi connectivity index (χ3n) is 5.38. The van der Waals surface area contributed by atoms with Gasteiger partial charge in [0.1, 0.15) is 5.54 Å². The summed E-state index contributed by atoms with van der Waals surface area (Å²) in [5.41, 5.74) is 1.45. The van der Waals surface area contributed by atoms with E-state index in [-0.39, 0.29) is 18.2 Å². The Morgan fingerprint density at radius 3 is 2.52 bits per heavy atom. The number of amides is 2. The Morgan fingerprint density at radius 2 is 1.92 bits per heavy atom. The summed E-state index contributed by atoms with van der Waals surface area (Å²) in [5.74, 6) is -3.50. The Hall–Kier alpha value is -2.21. The molecule has 1 aromatic rings. The summed E-state index contributed by atoms with van der Waals surface area (Å²) in [6, 6.07) is 5.40. The van der Waals surface area contributed by atoms with E-state index in [4.69, 9.17) is 0 Å². The molecule has 4 atom stereocenters. The highest BCUT2D eigenvalue weighted by Gasteiger charge is 2.66. The van der Waals surface area contributed by atoms with E-state index < -0.39 is 35.3 Å². The first-order valence-electron chi connectivity index (χ1n) is 8.60. The summed E-state index contributed by atoms with van der Waals surface area (Å²) < 4.78 is 0. The quantitative estimate of drug-likeness (QED) is 0.723. The van der Waals surface area contributed by atoms with Crippen LogP contribution in [0.5, 0.6) is 0 Å². The first-order valence-corrected chi connectivity index (χ1v) is 8.60. The maximum atomic E-state index is 12.5. The van der Waals surface area contributed by atoms with Gasteiger partial charge >= 0.3 is 5.97 Å².